The van der Waals surface area contributed by atoms with Crippen LogP contribution in [0.1, 0.15) is 38.8 Å². The van der Waals surface area contributed by atoms with Gasteiger partial charge in [-0.1, -0.05) is 20.3 Å². The first-order chi connectivity index (χ1) is 20.5. The summed E-state index contributed by atoms with van der Waals surface area (Å²) in [6.45, 7) is 7.54. The fourth-order valence-electron chi connectivity index (χ4n) is 4.98. The number of carbonyl (C=O) groups is 1. The number of esters is 1. The monoisotopic (exact) mass is 689 g/mol. The molecule has 1 saturated heterocycles. The largest absolute Gasteiger partial charge is 0.493 e. The Hall–Kier alpha value is -2.75. The lowest BCUT2D eigenvalue weighted by Gasteiger charge is -2.33. The van der Waals surface area contributed by atoms with Crippen molar-refractivity contribution in [3.8, 4) is 17.1 Å². The number of aromatic nitrogens is 4. The van der Waals surface area contributed by atoms with Gasteiger partial charge in [0.25, 0.3) is 5.56 Å². The van der Waals surface area contributed by atoms with Gasteiger partial charge in [-0.15, -0.1) is 24.8 Å². The van der Waals surface area contributed by atoms with Gasteiger partial charge in [0.1, 0.15) is 23.7 Å². The summed E-state index contributed by atoms with van der Waals surface area (Å²) in [4.78, 5) is 36.8. The molecular weight excluding hydrogens is 645 g/mol. The molecule has 1 aliphatic rings. The van der Waals surface area contributed by atoms with Gasteiger partial charge in [-0.2, -0.15) is 9.40 Å². The lowest BCUT2D eigenvalue weighted by molar-refractivity contribution is -0.144. The summed E-state index contributed by atoms with van der Waals surface area (Å²) in [7, 11) is 1.69. The van der Waals surface area contributed by atoms with Crippen LogP contribution in [-0.4, -0.2) is 115 Å². The highest BCUT2D eigenvalue weighted by Crippen LogP contribution is 2.32. The molecule has 0 bridgehead atoms. The summed E-state index contributed by atoms with van der Waals surface area (Å²) in [6.07, 6.45) is 2.51. The van der Waals surface area contributed by atoms with Gasteiger partial charge in [0, 0.05) is 46.3 Å². The van der Waals surface area contributed by atoms with Crippen molar-refractivity contribution in [2.45, 2.75) is 44.4 Å². The number of benzene rings is 1. The summed E-state index contributed by atoms with van der Waals surface area (Å²) >= 11 is 0. The molecule has 1 fully saturated rings. The maximum Gasteiger partial charge on any atom is 0.307 e. The topological polar surface area (TPSA) is 143 Å². The van der Waals surface area contributed by atoms with Crippen LogP contribution < -0.4 is 10.3 Å². The molecular formula is C29H45Cl2N7O6S. The van der Waals surface area contributed by atoms with Crippen LogP contribution in [0.5, 0.6) is 5.75 Å². The molecule has 16 heteroatoms. The van der Waals surface area contributed by atoms with E-state index >= 15 is 0 Å². The number of aryl methyl sites for hydroxylation is 2. The molecule has 0 radical (unpaired) electrons. The number of carbonyl (C=O) groups excluding carboxylic acids is 1. The van der Waals surface area contributed by atoms with Crippen molar-refractivity contribution in [1.29, 1.82) is 0 Å². The minimum atomic E-state index is -3.85. The van der Waals surface area contributed by atoms with E-state index in [4.69, 9.17) is 14.5 Å². The molecule has 13 nitrogen and oxygen atoms in total. The third-order valence-electron chi connectivity index (χ3n) is 7.32. The lowest BCUT2D eigenvalue weighted by Crippen LogP contribution is -2.49. The SMILES string of the molecule is CCCOc1ccc(S(=O)(=O)N2CCN(CCC(=O)OCCN(C)C)CC2)cc1-c1nc2c(CCC)nn(C)c2c(=O)[nH]1.Cl.Cl. The van der Waals surface area contributed by atoms with Crippen molar-refractivity contribution in [3.05, 3.63) is 34.2 Å². The zero-order valence-electron chi connectivity index (χ0n) is 26.6. The Morgan fingerprint density at radius 2 is 1.78 bits per heavy atom. The van der Waals surface area contributed by atoms with E-state index < -0.39 is 10.0 Å². The van der Waals surface area contributed by atoms with Gasteiger partial charge in [0.2, 0.25) is 10.0 Å². The van der Waals surface area contributed by atoms with Gasteiger partial charge in [0.05, 0.1) is 29.2 Å². The summed E-state index contributed by atoms with van der Waals surface area (Å²) < 4.78 is 41.7. The molecule has 45 heavy (non-hydrogen) atoms. The average molecular weight is 691 g/mol. The molecule has 1 N–H and O–H groups in total. The highest BCUT2D eigenvalue weighted by atomic mass is 35.5. The number of likely N-dealkylation sites (N-methyl/N-ethyl adjacent to an activating group) is 1. The highest BCUT2D eigenvalue weighted by Gasteiger charge is 2.30. The van der Waals surface area contributed by atoms with Gasteiger partial charge in [-0.05, 0) is 45.1 Å². The Bertz CT molecular complexity index is 1590. The van der Waals surface area contributed by atoms with Gasteiger partial charge in [0.15, 0.2) is 5.52 Å². The van der Waals surface area contributed by atoms with E-state index in [-0.39, 0.29) is 53.5 Å². The molecule has 4 rings (SSSR count). The quantitative estimate of drug-likeness (QED) is 0.251. The van der Waals surface area contributed by atoms with Crippen molar-refractivity contribution in [2.75, 3.05) is 66.6 Å². The number of hydrogen-bond donors (Lipinski definition) is 1. The van der Waals surface area contributed by atoms with Gasteiger partial charge < -0.3 is 24.3 Å². The van der Waals surface area contributed by atoms with Crippen LogP contribution in [-0.2, 0) is 33.0 Å². The normalized spacial score (nSPS) is 14.3. The molecule has 252 valence electrons. The molecule has 3 heterocycles. The zero-order valence-corrected chi connectivity index (χ0v) is 29.0. The smallest absolute Gasteiger partial charge is 0.307 e. The number of aromatic amines is 1. The van der Waals surface area contributed by atoms with E-state index in [2.05, 4.69) is 15.0 Å². The Morgan fingerprint density at radius 3 is 2.42 bits per heavy atom. The van der Waals surface area contributed by atoms with E-state index in [1.165, 1.54) is 21.1 Å². The molecule has 0 unspecified atom stereocenters. The minimum Gasteiger partial charge on any atom is -0.493 e. The number of nitrogens with zero attached hydrogens (tertiary/aromatic N) is 6. The molecule has 1 aromatic carbocycles. The van der Waals surface area contributed by atoms with Gasteiger partial charge in [-0.3, -0.25) is 14.3 Å². The Labute approximate surface area is 277 Å². The number of nitrogens with one attached hydrogen (secondary N) is 1. The second kappa shape index (κ2) is 17.2. The molecule has 0 amide bonds. The van der Waals surface area contributed by atoms with Crippen LogP contribution in [0.25, 0.3) is 22.4 Å². The van der Waals surface area contributed by atoms with Gasteiger partial charge in [-0.25, -0.2) is 13.4 Å². The predicted octanol–water partition coefficient (Wildman–Crippen LogP) is 2.71. The summed E-state index contributed by atoms with van der Waals surface area (Å²) in [5.74, 6) is 0.410. The fraction of sp³-hybridized carbons (Fsp3) is 0.586. The van der Waals surface area contributed by atoms with E-state index in [9.17, 15) is 18.0 Å². The standard InChI is InChI=1S/C29H43N7O6S.2ClH/c1-6-8-23-26-27(34(5)32-23)29(38)31-28(30-26)22-20-21(9-10-24(22)41-18-7-2)43(39,40)36-15-13-35(14-16-36)12-11-25(37)42-19-17-33(3)4;;/h9-10,20H,6-8,11-19H2,1-5H3,(H,30,31,38);2*1H. The average Bonchev–Trinajstić information content (AvgIpc) is 3.30. The number of ether oxygens (including phenoxy) is 2. The highest BCUT2D eigenvalue weighted by molar-refractivity contribution is 7.89. The molecule has 2 aromatic heterocycles. The van der Waals surface area contributed by atoms with E-state index in [1.807, 2.05) is 32.8 Å². The first kappa shape index (κ1) is 38.4. The van der Waals surface area contributed by atoms with Gasteiger partial charge >= 0.3 is 5.97 Å². The van der Waals surface area contributed by atoms with E-state index in [0.717, 1.165) is 12.8 Å². The number of halogens is 2. The first-order valence-corrected chi connectivity index (χ1v) is 16.2. The molecule has 0 spiro atoms. The molecule has 3 aromatic rings. The second-order valence-corrected chi connectivity index (χ2v) is 12.9. The van der Waals surface area contributed by atoms with E-state index in [1.54, 1.807) is 13.1 Å². The van der Waals surface area contributed by atoms with Crippen molar-refractivity contribution in [1.82, 2.24) is 33.9 Å². The maximum absolute atomic E-state index is 13.7. The van der Waals surface area contributed by atoms with Crippen LogP contribution in [0.2, 0.25) is 0 Å². The van der Waals surface area contributed by atoms with Crippen LogP contribution in [0, 0.1) is 0 Å². The van der Waals surface area contributed by atoms with Crippen LogP contribution >= 0.6 is 24.8 Å². The van der Waals surface area contributed by atoms with Crippen molar-refractivity contribution < 1.29 is 22.7 Å². The van der Waals surface area contributed by atoms with Crippen molar-refractivity contribution in [3.63, 3.8) is 0 Å². The molecule has 1 aliphatic heterocycles. The third kappa shape index (κ3) is 9.39. The maximum atomic E-state index is 13.7. The number of piperazine rings is 1. The number of H-pyrrole nitrogens is 1. The fourth-order valence-corrected chi connectivity index (χ4v) is 6.43. The predicted molar refractivity (Wildman–Crippen MR) is 178 cm³/mol. The van der Waals surface area contributed by atoms with Crippen LogP contribution in [0.4, 0.5) is 0 Å². The first-order valence-electron chi connectivity index (χ1n) is 14.8. The molecule has 0 aliphatic carbocycles. The Kier molecular flexibility index (Phi) is 14.7. The minimum absolute atomic E-state index is 0. The van der Waals surface area contributed by atoms with Crippen molar-refractivity contribution in [2.24, 2.45) is 7.05 Å². The lowest BCUT2D eigenvalue weighted by atomic mass is 10.1. The zero-order chi connectivity index (χ0) is 31.1. The summed E-state index contributed by atoms with van der Waals surface area (Å²) in [5, 5.41) is 4.48. The summed E-state index contributed by atoms with van der Waals surface area (Å²) in [6, 6.07) is 4.68. The van der Waals surface area contributed by atoms with Crippen LogP contribution in [0.3, 0.4) is 0 Å². The summed E-state index contributed by atoms with van der Waals surface area (Å²) in [5.41, 5.74) is 1.62. The van der Waals surface area contributed by atoms with Crippen LogP contribution in [0.15, 0.2) is 27.9 Å². The second-order valence-electron chi connectivity index (χ2n) is 11.0. The molecule has 0 atom stereocenters. The third-order valence-corrected chi connectivity index (χ3v) is 9.21. The number of hydrogen-bond acceptors (Lipinski definition) is 10. The van der Waals surface area contributed by atoms with E-state index in [0.29, 0.717) is 86.9 Å². The molecule has 0 saturated carbocycles. The Balaban J connectivity index is 0.00000353. The van der Waals surface area contributed by atoms with Crippen molar-refractivity contribution >= 4 is 51.8 Å². The number of fused-ring (bicyclic) bond motifs is 1. The number of rotatable bonds is 14. The number of sulfonamides is 1. The Morgan fingerprint density at radius 1 is 1.07 bits per heavy atom.